The molecule has 1 N–H and O–H groups in total. The van der Waals surface area contributed by atoms with Crippen LogP contribution in [0.3, 0.4) is 0 Å². The average Bonchev–Trinajstić information content (AvgIpc) is 2.93. The number of hydrogen-bond acceptors (Lipinski definition) is 4. The zero-order valence-electron chi connectivity index (χ0n) is 14.0. The van der Waals surface area contributed by atoms with Gasteiger partial charge in [-0.25, -0.2) is 4.79 Å². The predicted octanol–water partition coefficient (Wildman–Crippen LogP) is -0.212. The van der Waals surface area contributed by atoms with Crippen LogP contribution in [0.4, 0.5) is 4.79 Å². The lowest BCUT2D eigenvalue weighted by atomic mass is 9.93. The van der Waals surface area contributed by atoms with Crippen LogP contribution in [0.2, 0.25) is 0 Å². The number of nitrogens with one attached hydrogen (secondary N) is 1. The van der Waals surface area contributed by atoms with E-state index in [4.69, 9.17) is 0 Å². The number of urea groups is 1. The van der Waals surface area contributed by atoms with Gasteiger partial charge >= 0.3 is 6.03 Å². The summed E-state index contributed by atoms with van der Waals surface area (Å²) < 4.78 is 0. The van der Waals surface area contributed by atoms with E-state index in [9.17, 15) is 19.2 Å². The molecule has 3 rings (SSSR count). The van der Waals surface area contributed by atoms with E-state index in [2.05, 4.69) is 5.32 Å². The van der Waals surface area contributed by atoms with Crippen LogP contribution in [0, 0.1) is 5.92 Å². The Kier molecular flexibility index (Phi) is 4.73. The number of piperidine rings is 2. The predicted molar refractivity (Wildman–Crippen MR) is 84.8 cm³/mol. The van der Waals surface area contributed by atoms with E-state index >= 15 is 0 Å². The van der Waals surface area contributed by atoms with Crippen LogP contribution >= 0.6 is 0 Å². The highest BCUT2D eigenvalue weighted by molar-refractivity contribution is 6.02. The summed E-state index contributed by atoms with van der Waals surface area (Å²) in [5.41, 5.74) is 0. The molecule has 8 nitrogen and oxygen atoms in total. The number of carbonyl (C=O) groups is 4. The molecule has 0 unspecified atom stereocenters. The third-order valence-corrected chi connectivity index (χ3v) is 5.31. The molecule has 0 spiro atoms. The summed E-state index contributed by atoms with van der Waals surface area (Å²) in [4.78, 5) is 52.4. The van der Waals surface area contributed by atoms with Gasteiger partial charge in [-0.1, -0.05) is 0 Å². The lowest BCUT2D eigenvalue weighted by Crippen LogP contribution is -2.51. The largest absolute Gasteiger partial charge is 0.343 e. The summed E-state index contributed by atoms with van der Waals surface area (Å²) in [5, 5.41) is 2.54. The first-order chi connectivity index (χ1) is 11.5. The van der Waals surface area contributed by atoms with E-state index in [0.717, 1.165) is 0 Å². The number of carbonyl (C=O) groups excluding carboxylic acids is 4. The number of amides is 5. The van der Waals surface area contributed by atoms with Crippen LogP contribution in [0.25, 0.3) is 0 Å². The number of nitrogens with zero attached hydrogens (tertiary/aromatic N) is 3. The van der Waals surface area contributed by atoms with Gasteiger partial charge in [0.05, 0.1) is 6.54 Å². The summed E-state index contributed by atoms with van der Waals surface area (Å²) in [6, 6.07) is -0.426. The van der Waals surface area contributed by atoms with Crippen molar-refractivity contribution in [1.29, 1.82) is 0 Å². The van der Waals surface area contributed by atoms with E-state index in [0.29, 0.717) is 51.9 Å². The Morgan fingerprint density at radius 1 is 0.958 bits per heavy atom. The fourth-order valence-electron chi connectivity index (χ4n) is 3.85. The molecule has 0 saturated carbocycles. The van der Waals surface area contributed by atoms with Gasteiger partial charge in [0.2, 0.25) is 17.7 Å². The molecule has 0 aromatic rings. The van der Waals surface area contributed by atoms with Crippen molar-refractivity contribution >= 4 is 23.8 Å². The second kappa shape index (κ2) is 6.78. The molecule has 0 radical (unpaired) electrons. The van der Waals surface area contributed by atoms with Gasteiger partial charge in [-0.15, -0.1) is 0 Å². The Balaban J connectivity index is 1.50. The molecule has 24 heavy (non-hydrogen) atoms. The molecule has 0 atom stereocenters. The summed E-state index contributed by atoms with van der Waals surface area (Å²) >= 11 is 0. The van der Waals surface area contributed by atoms with E-state index in [1.807, 2.05) is 4.90 Å². The van der Waals surface area contributed by atoms with Gasteiger partial charge in [0, 0.05) is 45.1 Å². The summed E-state index contributed by atoms with van der Waals surface area (Å²) in [7, 11) is 0. The van der Waals surface area contributed by atoms with Gasteiger partial charge in [-0.05, 0) is 25.7 Å². The van der Waals surface area contributed by atoms with Crippen molar-refractivity contribution < 1.29 is 19.2 Å². The SMILES string of the molecule is CC(=O)N1CCC(C(=O)N2CCC(N3C(=O)CNC3=O)CC2)CC1. The molecule has 3 aliphatic rings. The molecule has 0 aromatic heterocycles. The zero-order chi connectivity index (χ0) is 17.3. The number of likely N-dealkylation sites (tertiary alicyclic amines) is 2. The Hall–Kier alpha value is -2.12. The van der Waals surface area contributed by atoms with Gasteiger partial charge in [-0.2, -0.15) is 0 Å². The molecule has 5 amide bonds. The quantitative estimate of drug-likeness (QED) is 0.707. The maximum atomic E-state index is 12.6. The first-order valence-corrected chi connectivity index (χ1v) is 8.61. The Bertz CT molecular complexity index is 532. The van der Waals surface area contributed by atoms with E-state index in [1.165, 1.54) is 4.90 Å². The third kappa shape index (κ3) is 3.22. The molecule has 0 aliphatic carbocycles. The highest BCUT2D eigenvalue weighted by Gasteiger charge is 2.38. The van der Waals surface area contributed by atoms with E-state index in [-0.39, 0.29) is 42.3 Å². The lowest BCUT2D eigenvalue weighted by molar-refractivity contribution is -0.141. The molecule has 132 valence electrons. The first-order valence-electron chi connectivity index (χ1n) is 8.61. The van der Waals surface area contributed by atoms with Gasteiger partial charge in [-0.3, -0.25) is 19.3 Å². The third-order valence-electron chi connectivity index (χ3n) is 5.31. The normalized spacial score (nSPS) is 23.6. The second-order valence-corrected chi connectivity index (χ2v) is 6.76. The Labute approximate surface area is 141 Å². The molecule has 0 bridgehead atoms. The Morgan fingerprint density at radius 3 is 2.04 bits per heavy atom. The van der Waals surface area contributed by atoms with Crippen LogP contribution in [0.1, 0.15) is 32.6 Å². The molecule has 0 aromatic carbocycles. The molecule has 8 heteroatoms. The molecule has 3 saturated heterocycles. The number of imide groups is 1. The van der Waals surface area contributed by atoms with Crippen molar-refractivity contribution in [2.24, 2.45) is 5.92 Å². The van der Waals surface area contributed by atoms with Crippen LogP contribution in [0.5, 0.6) is 0 Å². The molecule has 3 aliphatic heterocycles. The Morgan fingerprint density at radius 2 is 1.54 bits per heavy atom. The van der Waals surface area contributed by atoms with E-state index in [1.54, 1.807) is 11.8 Å². The minimum Gasteiger partial charge on any atom is -0.343 e. The summed E-state index contributed by atoms with van der Waals surface area (Å²) in [6.07, 6.45) is 2.70. The fourth-order valence-corrected chi connectivity index (χ4v) is 3.85. The van der Waals surface area contributed by atoms with Gasteiger partial charge in [0.15, 0.2) is 0 Å². The van der Waals surface area contributed by atoms with Crippen molar-refractivity contribution in [3.8, 4) is 0 Å². The van der Waals surface area contributed by atoms with Gasteiger partial charge in [0.1, 0.15) is 0 Å². The van der Waals surface area contributed by atoms with Crippen molar-refractivity contribution in [2.45, 2.75) is 38.6 Å². The molecular formula is C16H24N4O4. The molecule has 3 fully saturated rings. The fraction of sp³-hybridized carbons (Fsp3) is 0.750. The smallest absolute Gasteiger partial charge is 0.324 e. The number of hydrogen-bond donors (Lipinski definition) is 1. The van der Waals surface area contributed by atoms with Gasteiger partial charge in [0.25, 0.3) is 0 Å². The molecular weight excluding hydrogens is 312 g/mol. The van der Waals surface area contributed by atoms with Crippen LogP contribution in [-0.4, -0.2) is 77.2 Å². The number of rotatable bonds is 2. The zero-order valence-corrected chi connectivity index (χ0v) is 14.0. The molecule has 3 heterocycles. The lowest BCUT2D eigenvalue weighted by Gasteiger charge is -2.38. The maximum absolute atomic E-state index is 12.6. The van der Waals surface area contributed by atoms with Gasteiger partial charge < -0.3 is 15.1 Å². The van der Waals surface area contributed by atoms with Crippen molar-refractivity contribution in [3.63, 3.8) is 0 Å². The standard InChI is InChI=1S/C16H24N4O4/c1-11(21)18-6-2-12(3-7-18)15(23)19-8-4-13(5-9-19)20-14(22)10-17-16(20)24/h12-13H,2-10H2,1H3,(H,17,24). The monoisotopic (exact) mass is 336 g/mol. The first kappa shape index (κ1) is 16.7. The highest BCUT2D eigenvalue weighted by Crippen LogP contribution is 2.24. The average molecular weight is 336 g/mol. The minimum atomic E-state index is -0.318. The maximum Gasteiger partial charge on any atom is 0.324 e. The van der Waals surface area contributed by atoms with Crippen molar-refractivity contribution in [3.05, 3.63) is 0 Å². The van der Waals surface area contributed by atoms with Crippen LogP contribution in [-0.2, 0) is 14.4 Å². The topological polar surface area (TPSA) is 90.0 Å². The van der Waals surface area contributed by atoms with Crippen molar-refractivity contribution in [2.75, 3.05) is 32.7 Å². The highest BCUT2D eigenvalue weighted by atomic mass is 16.2. The second-order valence-electron chi connectivity index (χ2n) is 6.76. The summed E-state index contributed by atoms with van der Waals surface area (Å²) in [6.45, 7) is 4.08. The van der Waals surface area contributed by atoms with Crippen LogP contribution in [0.15, 0.2) is 0 Å². The van der Waals surface area contributed by atoms with E-state index < -0.39 is 0 Å². The van der Waals surface area contributed by atoms with Crippen LogP contribution < -0.4 is 5.32 Å². The van der Waals surface area contributed by atoms with Crippen molar-refractivity contribution in [1.82, 2.24) is 20.0 Å². The summed E-state index contributed by atoms with van der Waals surface area (Å²) in [5.74, 6) is 0.0133. The minimum absolute atomic E-state index is 0.0196.